The number of urea groups is 1. The second-order valence-corrected chi connectivity index (χ2v) is 7.36. The van der Waals surface area contributed by atoms with Crippen molar-refractivity contribution in [1.29, 1.82) is 0 Å². The Balaban J connectivity index is 1.54. The number of fused-ring (bicyclic) bond motifs is 1. The van der Waals surface area contributed by atoms with Crippen LogP contribution in [0.25, 0.3) is 11.0 Å². The molecule has 2 aromatic rings. The number of sulfone groups is 1. The molecule has 2 amide bonds. The smallest absolute Gasteiger partial charge is 0.315 e. The molecule has 3 N–H and O–H groups in total. The number of carbonyl (C=O) groups excluding carboxylic acids is 1. The first-order chi connectivity index (χ1) is 10.0. The highest BCUT2D eigenvalue weighted by Gasteiger charge is 2.28. The van der Waals surface area contributed by atoms with Gasteiger partial charge in [0.05, 0.1) is 29.1 Å². The Kier molecular flexibility index (Phi) is 3.54. The second kappa shape index (κ2) is 5.36. The molecular formula is C13H16N4O3S. The van der Waals surface area contributed by atoms with Crippen molar-refractivity contribution in [2.45, 2.75) is 19.0 Å². The van der Waals surface area contributed by atoms with E-state index in [-0.39, 0.29) is 30.1 Å². The number of aromatic nitrogens is 2. The van der Waals surface area contributed by atoms with Gasteiger partial charge in [-0.2, -0.15) is 0 Å². The summed E-state index contributed by atoms with van der Waals surface area (Å²) >= 11 is 0. The lowest BCUT2D eigenvalue weighted by Crippen LogP contribution is -2.42. The zero-order valence-electron chi connectivity index (χ0n) is 11.3. The highest BCUT2D eigenvalue weighted by atomic mass is 32.2. The second-order valence-electron chi connectivity index (χ2n) is 5.13. The van der Waals surface area contributed by atoms with Gasteiger partial charge in [-0.05, 0) is 18.6 Å². The predicted octanol–water partition coefficient (Wildman–Crippen LogP) is 0.549. The van der Waals surface area contributed by atoms with Crippen LogP contribution < -0.4 is 10.6 Å². The van der Waals surface area contributed by atoms with E-state index in [9.17, 15) is 13.2 Å². The fourth-order valence-electron chi connectivity index (χ4n) is 2.40. The number of amides is 2. The monoisotopic (exact) mass is 308 g/mol. The van der Waals surface area contributed by atoms with E-state index in [1.807, 2.05) is 24.3 Å². The minimum atomic E-state index is -2.99. The first-order valence-corrected chi connectivity index (χ1v) is 8.52. The normalized spacial score (nSPS) is 20.5. The van der Waals surface area contributed by atoms with Crippen LogP contribution in [0.15, 0.2) is 24.3 Å². The van der Waals surface area contributed by atoms with E-state index < -0.39 is 9.84 Å². The van der Waals surface area contributed by atoms with Gasteiger partial charge >= 0.3 is 6.03 Å². The lowest BCUT2D eigenvalue weighted by Gasteiger charge is -2.11. The molecule has 21 heavy (non-hydrogen) atoms. The van der Waals surface area contributed by atoms with Crippen LogP contribution in [0.1, 0.15) is 12.2 Å². The van der Waals surface area contributed by atoms with Gasteiger partial charge in [0.15, 0.2) is 9.84 Å². The number of benzene rings is 1. The van der Waals surface area contributed by atoms with Crippen molar-refractivity contribution in [1.82, 2.24) is 20.6 Å². The van der Waals surface area contributed by atoms with Crippen LogP contribution in [0.5, 0.6) is 0 Å². The number of imidazole rings is 1. The van der Waals surface area contributed by atoms with Gasteiger partial charge in [0.2, 0.25) is 0 Å². The minimum absolute atomic E-state index is 0.0189. The first-order valence-electron chi connectivity index (χ1n) is 6.70. The summed E-state index contributed by atoms with van der Waals surface area (Å²) in [4.78, 5) is 19.2. The zero-order chi connectivity index (χ0) is 14.9. The average Bonchev–Trinajstić information content (AvgIpc) is 2.99. The lowest BCUT2D eigenvalue weighted by atomic mass is 10.3. The molecule has 1 aromatic heterocycles. The molecule has 2 heterocycles. The van der Waals surface area contributed by atoms with E-state index in [2.05, 4.69) is 20.6 Å². The fraction of sp³-hybridized carbons (Fsp3) is 0.385. The average molecular weight is 308 g/mol. The highest BCUT2D eigenvalue weighted by Crippen LogP contribution is 2.11. The largest absolute Gasteiger partial charge is 0.340 e. The molecule has 0 aliphatic carbocycles. The molecule has 1 aliphatic heterocycles. The summed E-state index contributed by atoms with van der Waals surface area (Å²) in [5, 5.41) is 5.34. The maximum absolute atomic E-state index is 11.7. The molecule has 8 heteroatoms. The van der Waals surface area contributed by atoms with Crippen LogP contribution in [0.2, 0.25) is 0 Å². The van der Waals surface area contributed by atoms with Crippen molar-refractivity contribution in [2.24, 2.45) is 0 Å². The predicted molar refractivity (Wildman–Crippen MR) is 78.5 cm³/mol. The van der Waals surface area contributed by atoms with E-state index in [0.29, 0.717) is 12.2 Å². The van der Waals surface area contributed by atoms with Gasteiger partial charge in [-0.25, -0.2) is 18.2 Å². The molecule has 1 fully saturated rings. The van der Waals surface area contributed by atoms with Gasteiger partial charge in [-0.3, -0.25) is 0 Å². The van der Waals surface area contributed by atoms with Gasteiger partial charge < -0.3 is 15.6 Å². The molecular weight excluding hydrogens is 292 g/mol. The summed E-state index contributed by atoms with van der Waals surface area (Å²) in [6, 6.07) is 6.93. The Bertz CT molecular complexity index is 736. The summed E-state index contributed by atoms with van der Waals surface area (Å²) in [5.74, 6) is 0.817. The Morgan fingerprint density at radius 2 is 2.19 bits per heavy atom. The molecule has 0 bridgehead atoms. The molecule has 0 spiro atoms. The standard InChI is InChI=1S/C13H16N4O3S/c18-13(15-9-5-6-21(19,20)8-9)14-7-12-16-10-3-1-2-4-11(10)17-12/h1-4,9H,5-8H2,(H,16,17)(H2,14,15,18)/t9-/m0/s1. The molecule has 1 atom stereocenters. The molecule has 0 saturated carbocycles. The van der Waals surface area contributed by atoms with Crippen LogP contribution in [-0.2, 0) is 16.4 Å². The highest BCUT2D eigenvalue weighted by molar-refractivity contribution is 7.91. The molecule has 7 nitrogen and oxygen atoms in total. The lowest BCUT2D eigenvalue weighted by molar-refractivity contribution is 0.237. The Morgan fingerprint density at radius 3 is 2.90 bits per heavy atom. The van der Waals surface area contributed by atoms with E-state index >= 15 is 0 Å². The van der Waals surface area contributed by atoms with Gasteiger partial charge in [0, 0.05) is 6.04 Å². The molecule has 1 aromatic carbocycles. The van der Waals surface area contributed by atoms with Crippen molar-refractivity contribution >= 4 is 26.9 Å². The van der Waals surface area contributed by atoms with Crippen LogP contribution in [0.4, 0.5) is 4.79 Å². The number of aromatic amines is 1. The first kappa shape index (κ1) is 13.9. The SMILES string of the molecule is O=C(NCc1nc2ccccc2[nH]1)N[C@H]1CCS(=O)(=O)C1. The van der Waals surface area contributed by atoms with E-state index in [4.69, 9.17) is 0 Å². The van der Waals surface area contributed by atoms with Crippen LogP contribution in [0, 0.1) is 0 Å². The third-order valence-corrected chi connectivity index (χ3v) is 5.19. The van der Waals surface area contributed by atoms with E-state index in [1.54, 1.807) is 0 Å². The molecule has 0 radical (unpaired) electrons. The van der Waals surface area contributed by atoms with Gasteiger partial charge in [0.25, 0.3) is 0 Å². The molecule has 3 rings (SSSR count). The minimum Gasteiger partial charge on any atom is -0.340 e. The summed E-state index contributed by atoms with van der Waals surface area (Å²) in [5.41, 5.74) is 1.76. The maximum Gasteiger partial charge on any atom is 0.315 e. The van der Waals surface area contributed by atoms with Crippen molar-refractivity contribution < 1.29 is 13.2 Å². The number of nitrogens with zero attached hydrogens (tertiary/aromatic N) is 1. The molecule has 1 aliphatic rings. The number of para-hydroxylation sites is 2. The van der Waals surface area contributed by atoms with Crippen molar-refractivity contribution in [3.05, 3.63) is 30.1 Å². The summed E-state index contributed by atoms with van der Waals surface area (Å²) < 4.78 is 22.6. The van der Waals surface area contributed by atoms with Gasteiger partial charge in [0.1, 0.15) is 5.82 Å². The quantitative estimate of drug-likeness (QED) is 0.770. The third kappa shape index (κ3) is 3.33. The van der Waals surface area contributed by atoms with Crippen molar-refractivity contribution in [3.63, 3.8) is 0 Å². The number of carbonyl (C=O) groups is 1. The number of nitrogens with one attached hydrogen (secondary N) is 3. The Morgan fingerprint density at radius 1 is 1.38 bits per heavy atom. The van der Waals surface area contributed by atoms with Crippen LogP contribution in [-0.4, -0.2) is 42.0 Å². The van der Waals surface area contributed by atoms with E-state index in [0.717, 1.165) is 11.0 Å². The zero-order valence-corrected chi connectivity index (χ0v) is 12.1. The van der Waals surface area contributed by atoms with Crippen molar-refractivity contribution in [2.75, 3.05) is 11.5 Å². The Hall–Kier alpha value is -2.09. The molecule has 112 valence electrons. The Labute approximate surface area is 122 Å². The molecule has 1 saturated heterocycles. The van der Waals surface area contributed by atoms with Crippen LogP contribution in [0.3, 0.4) is 0 Å². The number of H-pyrrole nitrogens is 1. The van der Waals surface area contributed by atoms with Crippen molar-refractivity contribution in [3.8, 4) is 0 Å². The topological polar surface area (TPSA) is 104 Å². The van der Waals surface area contributed by atoms with E-state index in [1.165, 1.54) is 0 Å². The third-order valence-electron chi connectivity index (χ3n) is 3.42. The number of hydrogen-bond donors (Lipinski definition) is 3. The summed E-state index contributed by atoms with van der Waals surface area (Å²) in [6.45, 7) is 0.264. The molecule has 0 unspecified atom stereocenters. The summed E-state index contributed by atoms with van der Waals surface area (Å²) in [7, 11) is -2.99. The number of hydrogen-bond acceptors (Lipinski definition) is 4. The fourth-order valence-corrected chi connectivity index (χ4v) is 4.07. The van der Waals surface area contributed by atoms with Crippen LogP contribution >= 0.6 is 0 Å². The van der Waals surface area contributed by atoms with Gasteiger partial charge in [-0.1, -0.05) is 12.1 Å². The summed E-state index contributed by atoms with van der Waals surface area (Å²) in [6.07, 6.45) is 0.473. The maximum atomic E-state index is 11.7. The van der Waals surface area contributed by atoms with Gasteiger partial charge in [-0.15, -0.1) is 0 Å². The number of rotatable bonds is 3.